The summed E-state index contributed by atoms with van der Waals surface area (Å²) in [5.74, 6) is 0.334. The molecule has 0 spiro atoms. The average molecular weight is 250 g/mol. The molecular weight excluding hydrogens is 235 g/mol. The maximum absolute atomic E-state index is 12.8. The summed E-state index contributed by atoms with van der Waals surface area (Å²) in [4.78, 5) is 4.24. The van der Waals surface area contributed by atoms with Crippen LogP contribution in [0.1, 0.15) is 32.1 Å². The molecule has 2 unspecified atom stereocenters. The first kappa shape index (κ1) is 12.7. The van der Waals surface area contributed by atoms with E-state index in [0.717, 1.165) is 0 Å². The van der Waals surface area contributed by atoms with Crippen LogP contribution in [0.3, 0.4) is 0 Å². The van der Waals surface area contributed by atoms with E-state index in [4.69, 9.17) is 4.52 Å². The van der Waals surface area contributed by atoms with Crippen molar-refractivity contribution in [1.82, 2.24) is 10.1 Å². The van der Waals surface area contributed by atoms with Gasteiger partial charge in [-0.2, -0.15) is 4.98 Å². The van der Waals surface area contributed by atoms with Crippen molar-refractivity contribution < 1.29 is 14.0 Å². The molecule has 96 valence electrons. The highest BCUT2D eigenvalue weighted by atomic mass is 19.1. The fourth-order valence-corrected chi connectivity index (χ4v) is 1.82. The molecule has 0 bridgehead atoms. The second-order valence-electron chi connectivity index (χ2n) is 4.22. The van der Waals surface area contributed by atoms with Crippen molar-refractivity contribution in [3.05, 3.63) is 36.0 Å². The molecule has 0 aliphatic heterocycles. The third kappa shape index (κ3) is 2.56. The van der Waals surface area contributed by atoms with Crippen LogP contribution in [-0.2, 0) is 0 Å². The first-order chi connectivity index (χ1) is 8.61. The van der Waals surface area contributed by atoms with Gasteiger partial charge in [-0.1, -0.05) is 12.1 Å². The van der Waals surface area contributed by atoms with Crippen molar-refractivity contribution in [1.29, 1.82) is 0 Å². The van der Waals surface area contributed by atoms with E-state index in [0.29, 0.717) is 23.7 Å². The maximum Gasteiger partial charge on any atom is 0.232 e. The van der Waals surface area contributed by atoms with Crippen LogP contribution in [-0.4, -0.2) is 21.4 Å². The van der Waals surface area contributed by atoms with E-state index >= 15 is 0 Å². The lowest BCUT2D eigenvalue weighted by Gasteiger charge is -2.12. The van der Waals surface area contributed by atoms with Crippen molar-refractivity contribution in [2.24, 2.45) is 0 Å². The Morgan fingerprint density at radius 1 is 1.33 bits per heavy atom. The topological polar surface area (TPSA) is 59.2 Å². The summed E-state index contributed by atoms with van der Waals surface area (Å²) in [6, 6.07) is 5.87. The molecule has 0 radical (unpaired) electrons. The van der Waals surface area contributed by atoms with Crippen LogP contribution >= 0.6 is 0 Å². The molecule has 1 aromatic heterocycles. The normalized spacial score (nSPS) is 14.4. The van der Waals surface area contributed by atoms with Crippen LogP contribution < -0.4 is 0 Å². The first-order valence-electron chi connectivity index (χ1n) is 5.89. The standard InChI is InChI=1S/C13H15FN2O2/c1-3-11(8(2)17)13-15-12(16-18-13)9-4-6-10(14)7-5-9/h4-8,11,17H,3H2,1-2H3. The third-order valence-corrected chi connectivity index (χ3v) is 2.88. The number of aliphatic hydroxyl groups is 1. The molecule has 4 nitrogen and oxygen atoms in total. The Morgan fingerprint density at radius 2 is 2.00 bits per heavy atom. The van der Waals surface area contributed by atoms with Crippen LogP contribution in [0.25, 0.3) is 11.4 Å². The number of rotatable bonds is 4. The quantitative estimate of drug-likeness (QED) is 0.906. The summed E-state index contributed by atoms with van der Waals surface area (Å²) in [7, 11) is 0. The van der Waals surface area contributed by atoms with Crippen molar-refractivity contribution in [3.63, 3.8) is 0 Å². The molecule has 0 amide bonds. The highest BCUT2D eigenvalue weighted by molar-refractivity contribution is 5.53. The zero-order valence-corrected chi connectivity index (χ0v) is 10.3. The Balaban J connectivity index is 2.27. The number of halogens is 1. The van der Waals surface area contributed by atoms with Gasteiger partial charge >= 0.3 is 0 Å². The Bertz CT molecular complexity index is 508. The number of aromatic nitrogens is 2. The van der Waals surface area contributed by atoms with Gasteiger partial charge in [-0.15, -0.1) is 0 Å². The lowest BCUT2D eigenvalue weighted by Crippen LogP contribution is -2.13. The summed E-state index contributed by atoms with van der Waals surface area (Å²) in [5, 5.41) is 13.5. The molecule has 2 atom stereocenters. The monoisotopic (exact) mass is 250 g/mol. The van der Waals surface area contributed by atoms with E-state index in [1.54, 1.807) is 19.1 Å². The zero-order valence-electron chi connectivity index (χ0n) is 10.3. The van der Waals surface area contributed by atoms with Gasteiger partial charge in [0.25, 0.3) is 0 Å². The van der Waals surface area contributed by atoms with Crippen LogP contribution in [0.15, 0.2) is 28.8 Å². The van der Waals surface area contributed by atoms with Gasteiger partial charge in [0.05, 0.1) is 12.0 Å². The van der Waals surface area contributed by atoms with Crippen LogP contribution in [0.5, 0.6) is 0 Å². The van der Waals surface area contributed by atoms with E-state index in [1.165, 1.54) is 12.1 Å². The number of benzene rings is 1. The Morgan fingerprint density at radius 3 is 2.56 bits per heavy atom. The van der Waals surface area contributed by atoms with Crippen LogP contribution in [0.2, 0.25) is 0 Å². The molecule has 0 aliphatic carbocycles. The van der Waals surface area contributed by atoms with Gasteiger partial charge in [-0.3, -0.25) is 0 Å². The van der Waals surface area contributed by atoms with E-state index in [1.807, 2.05) is 6.92 Å². The molecule has 18 heavy (non-hydrogen) atoms. The summed E-state index contributed by atoms with van der Waals surface area (Å²) in [6.07, 6.45) is 0.166. The predicted octanol–water partition coefficient (Wildman–Crippen LogP) is 2.75. The van der Waals surface area contributed by atoms with Gasteiger partial charge in [0.1, 0.15) is 5.82 Å². The number of hydrogen-bond donors (Lipinski definition) is 1. The largest absolute Gasteiger partial charge is 0.393 e. The predicted molar refractivity (Wildman–Crippen MR) is 64.4 cm³/mol. The lowest BCUT2D eigenvalue weighted by atomic mass is 10.0. The van der Waals surface area contributed by atoms with Crippen LogP contribution in [0, 0.1) is 5.82 Å². The van der Waals surface area contributed by atoms with E-state index in [9.17, 15) is 9.50 Å². The van der Waals surface area contributed by atoms with Gasteiger partial charge in [0.2, 0.25) is 11.7 Å². The van der Waals surface area contributed by atoms with E-state index < -0.39 is 6.10 Å². The lowest BCUT2D eigenvalue weighted by molar-refractivity contribution is 0.141. The molecule has 2 rings (SSSR count). The molecule has 1 heterocycles. The smallest absolute Gasteiger partial charge is 0.232 e. The van der Waals surface area contributed by atoms with Crippen molar-refractivity contribution >= 4 is 0 Å². The van der Waals surface area contributed by atoms with Gasteiger partial charge in [0.15, 0.2) is 0 Å². The minimum Gasteiger partial charge on any atom is -0.393 e. The molecule has 0 saturated heterocycles. The van der Waals surface area contributed by atoms with Gasteiger partial charge in [-0.25, -0.2) is 4.39 Å². The summed E-state index contributed by atoms with van der Waals surface area (Å²) < 4.78 is 17.9. The summed E-state index contributed by atoms with van der Waals surface area (Å²) >= 11 is 0. The minimum atomic E-state index is -0.545. The fraction of sp³-hybridized carbons (Fsp3) is 0.385. The highest BCUT2D eigenvalue weighted by Crippen LogP contribution is 2.24. The molecule has 1 aromatic carbocycles. The Labute approximate surface area is 104 Å². The Kier molecular flexibility index (Phi) is 3.72. The second-order valence-corrected chi connectivity index (χ2v) is 4.22. The Hall–Kier alpha value is -1.75. The second kappa shape index (κ2) is 5.27. The van der Waals surface area contributed by atoms with Gasteiger partial charge in [0, 0.05) is 5.56 Å². The molecule has 5 heteroatoms. The average Bonchev–Trinajstić information content (AvgIpc) is 2.80. The van der Waals surface area contributed by atoms with E-state index in [2.05, 4.69) is 10.1 Å². The fourth-order valence-electron chi connectivity index (χ4n) is 1.82. The molecule has 0 fully saturated rings. The molecule has 2 aromatic rings. The van der Waals surface area contributed by atoms with Crippen LogP contribution in [0.4, 0.5) is 4.39 Å². The minimum absolute atomic E-state index is 0.174. The van der Waals surface area contributed by atoms with Crippen molar-refractivity contribution in [2.45, 2.75) is 32.3 Å². The highest BCUT2D eigenvalue weighted by Gasteiger charge is 2.22. The molecule has 0 aliphatic rings. The van der Waals surface area contributed by atoms with E-state index in [-0.39, 0.29) is 11.7 Å². The molecular formula is C13H15FN2O2. The maximum atomic E-state index is 12.8. The SMILES string of the molecule is CCC(c1nc(-c2ccc(F)cc2)no1)C(C)O. The van der Waals surface area contributed by atoms with Gasteiger partial charge < -0.3 is 9.63 Å². The zero-order chi connectivity index (χ0) is 13.1. The number of hydrogen-bond acceptors (Lipinski definition) is 4. The third-order valence-electron chi connectivity index (χ3n) is 2.88. The van der Waals surface area contributed by atoms with Gasteiger partial charge in [-0.05, 0) is 37.6 Å². The molecule has 1 N–H and O–H groups in total. The van der Waals surface area contributed by atoms with Crippen molar-refractivity contribution in [2.75, 3.05) is 0 Å². The number of nitrogens with zero attached hydrogens (tertiary/aromatic N) is 2. The van der Waals surface area contributed by atoms with Crippen molar-refractivity contribution in [3.8, 4) is 11.4 Å². The summed E-state index contributed by atoms with van der Waals surface area (Å²) in [6.45, 7) is 3.63. The molecule has 0 saturated carbocycles. The number of aliphatic hydroxyl groups excluding tert-OH is 1. The summed E-state index contributed by atoms with van der Waals surface area (Å²) in [5.41, 5.74) is 0.687. The first-order valence-corrected chi connectivity index (χ1v) is 5.89.